The van der Waals surface area contributed by atoms with Crippen molar-refractivity contribution in [1.82, 2.24) is 9.80 Å². The largest absolute Gasteiger partial charge is 0.497 e. The molecule has 1 aliphatic rings. The summed E-state index contributed by atoms with van der Waals surface area (Å²) >= 11 is 1.67. The number of ether oxygens (including phenoxy) is 1. The molecule has 1 aliphatic heterocycles. The molecule has 5 nitrogen and oxygen atoms in total. The second kappa shape index (κ2) is 10.5. The van der Waals surface area contributed by atoms with Gasteiger partial charge in [-0.1, -0.05) is 37.3 Å². The highest BCUT2D eigenvalue weighted by Gasteiger charge is 2.31. The van der Waals surface area contributed by atoms with Crippen molar-refractivity contribution in [3.63, 3.8) is 0 Å². The number of methoxy groups -OCH3 is 1. The zero-order chi connectivity index (χ0) is 23.4. The molecule has 1 fully saturated rings. The average molecular weight is 464 g/mol. The molecule has 0 saturated carbocycles. The van der Waals surface area contributed by atoms with Gasteiger partial charge in [0.25, 0.3) is 5.91 Å². The van der Waals surface area contributed by atoms with Crippen LogP contribution in [-0.4, -0.2) is 55.5 Å². The summed E-state index contributed by atoms with van der Waals surface area (Å²) in [5.74, 6) is 0.784. The Balaban J connectivity index is 1.73. The molecular weight excluding hydrogens is 430 g/mol. The van der Waals surface area contributed by atoms with Crippen LogP contribution < -0.4 is 10.1 Å². The van der Waals surface area contributed by atoms with Crippen LogP contribution in [0.1, 0.15) is 44.9 Å². The quantitative estimate of drug-likeness (QED) is 0.513. The number of thiophene rings is 1. The lowest BCUT2D eigenvalue weighted by Crippen LogP contribution is -2.47. The molecule has 1 aromatic heterocycles. The Hall–Kier alpha value is -2.67. The van der Waals surface area contributed by atoms with Crippen LogP contribution in [0.25, 0.3) is 0 Å². The van der Waals surface area contributed by atoms with Gasteiger partial charge in [-0.15, -0.1) is 11.3 Å². The average Bonchev–Trinajstić information content (AvgIpc) is 3.13. The highest BCUT2D eigenvalue weighted by molar-refractivity contribution is 7.16. The first-order valence-corrected chi connectivity index (χ1v) is 12.4. The second-order valence-electron chi connectivity index (χ2n) is 8.49. The number of hydrogen-bond acceptors (Lipinski definition) is 5. The monoisotopic (exact) mass is 463 g/mol. The fraction of sp³-hybridized carbons (Fsp3) is 0.370. The zero-order valence-corrected chi connectivity index (χ0v) is 20.7. The molecule has 0 aliphatic carbocycles. The number of hydrogen-bond donors (Lipinski definition) is 1. The highest BCUT2D eigenvalue weighted by atomic mass is 32.1. The Kier molecular flexibility index (Phi) is 7.48. The van der Waals surface area contributed by atoms with Crippen molar-refractivity contribution in [1.29, 1.82) is 0 Å². The first-order chi connectivity index (χ1) is 16.0. The van der Waals surface area contributed by atoms with Gasteiger partial charge in [0, 0.05) is 42.2 Å². The van der Waals surface area contributed by atoms with E-state index in [0.717, 1.165) is 43.5 Å². The van der Waals surface area contributed by atoms with Crippen molar-refractivity contribution in [2.45, 2.75) is 26.8 Å². The summed E-state index contributed by atoms with van der Waals surface area (Å²) in [7, 11) is 1.69. The highest BCUT2D eigenvalue weighted by Crippen LogP contribution is 2.43. The van der Waals surface area contributed by atoms with E-state index in [0.29, 0.717) is 5.56 Å². The third kappa shape index (κ3) is 5.13. The van der Waals surface area contributed by atoms with Crippen LogP contribution in [0.2, 0.25) is 0 Å². The lowest BCUT2D eigenvalue weighted by molar-refractivity contribution is 0.102. The normalized spacial score (nSPS) is 15.9. The number of anilines is 1. The lowest BCUT2D eigenvalue weighted by atomic mass is 9.94. The Morgan fingerprint density at radius 1 is 1.03 bits per heavy atom. The van der Waals surface area contributed by atoms with Gasteiger partial charge in [-0.2, -0.15) is 0 Å². The number of rotatable bonds is 7. The topological polar surface area (TPSA) is 44.8 Å². The van der Waals surface area contributed by atoms with Gasteiger partial charge in [0.2, 0.25) is 0 Å². The zero-order valence-electron chi connectivity index (χ0n) is 19.9. The molecule has 0 radical (unpaired) electrons. The molecule has 1 amide bonds. The molecule has 3 aromatic rings. The molecule has 0 bridgehead atoms. The number of carbonyl (C=O) groups is 1. The predicted octanol–water partition coefficient (Wildman–Crippen LogP) is 5.35. The molecule has 1 N–H and O–H groups in total. The standard InChI is InChI=1S/C27H33N3O2S/c1-5-29-15-17-30(18-16-29)25(21-11-13-23(32-4)14-12-21)24-19(2)20(3)33-27(24)28-26(31)22-9-7-6-8-10-22/h6-14,25H,5,15-18H2,1-4H3,(H,28,31)/t25-/m1/s1. The molecule has 1 saturated heterocycles. The van der Waals surface area contributed by atoms with E-state index in [-0.39, 0.29) is 11.9 Å². The molecule has 174 valence electrons. The summed E-state index contributed by atoms with van der Waals surface area (Å²) in [6.45, 7) is 11.7. The molecule has 6 heteroatoms. The summed E-state index contributed by atoms with van der Waals surface area (Å²) in [6.07, 6.45) is 0. The van der Waals surface area contributed by atoms with Crippen LogP contribution in [0.15, 0.2) is 54.6 Å². The summed E-state index contributed by atoms with van der Waals surface area (Å²) in [4.78, 5) is 19.3. The lowest BCUT2D eigenvalue weighted by Gasteiger charge is -2.39. The number of likely N-dealkylation sites (N-methyl/N-ethyl adjacent to an activating group) is 1. The number of carbonyl (C=O) groups excluding carboxylic acids is 1. The maximum absolute atomic E-state index is 13.0. The minimum Gasteiger partial charge on any atom is -0.497 e. The number of nitrogens with one attached hydrogen (secondary N) is 1. The van der Waals surface area contributed by atoms with Gasteiger partial charge in [-0.25, -0.2) is 0 Å². The fourth-order valence-corrected chi connectivity index (χ4v) is 5.60. The molecule has 4 rings (SSSR count). The summed E-state index contributed by atoms with van der Waals surface area (Å²) in [5.41, 5.74) is 4.35. The van der Waals surface area contributed by atoms with E-state index >= 15 is 0 Å². The number of benzene rings is 2. The van der Waals surface area contributed by atoms with Crippen molar-refractivity contribution >= 4 is 22.2 Å². The van der Waals surface area contributed by atoms with Gasteiger partial charge in [0.05, 0.1) is 13.2 Å². The first-order valence-electron chi connectivity index (χ1n) is 11.6. The Morgan fingerprint density at radius 3 is 2.30 bits per heavy atom. The van der Waals surface area contributed by atoms with Crippen LogP contribution in [0.3, 0.4) is 0 Å². The van der Waals surface area contributed by atoms with Gasteiger partial charge >= 0.3 is 0 Å². The minimum absolute atomic E-state index is 0.0672. The van der Waals surface area contributed by atoms with E-state index in [2.05, 4.69) is 48.0 Å². The minimum atomic E-state index is -0.0672. The van der Waals surface area contributed by atoms with Gasteiger partial charge in [-0.3, -0.25) is 9.69 Å². The van der Waals surface area contributed by atoms with Crippen LogP contribution in [0.5, 0.6) is 5.75 Å². The van der Waals surface area contributed by atoms with Gasteiger partial charge < -0.3 is 15.0 Å². The third-order valence-electron chi connectivity index (χ3n) is 6.62. The molecule has 0 spiro atoms. The molecular formula is C27H33N3O2S. The van der Waals surface area contributed by atoms with E-state index in [4.69, 9.17) is 4.74 Å². The van der Waals surface area contributed by atoms with Crippen molar-refractivity contribution in [2.75, 3.05) is 45.2 Å². The Morgan fingerprint density at radius 2 is 1.70 bits per heavy atom. The first kappa shape index (κ1) is 23.5. The fourth-order valence-electron chi connectivity index (χ4n) is 4.52. The van der Waals surface area contributed by atoms with E-state index in [1.807, 2.05) is 42.5 Å². The van der Waals surface area contributed by atoms with Gasteiger partial charge in [0.15, 0.2) is 0 Å². The molecule has 1 atom stereocenters. The number of piperazine rings is 1. The summed E-state index contributed by atoms with van der Waals surface area (Å²) in [5, 5.41) is 4.18. The van der Waals surface area contributed by atoms with Crippen molar-refractivity contribution in [3.8, 4) is 5.75 Å². The maximum Gasteiger partial charge on any atom is 0.256 e. The van der Waals surface area contributed by atoms with Crippen LogP contribution in [-0.2, 0) is 0 Å². The van der Waals surface area contributed by atoms with E-state index in [1.54, 1.807) is 18.4 Å². The molecule has 33 heavy (non-hydrogen) atoms. The SMILES string of the molecule is CCN1CCN([C@H](c2ccc(OC)cc2)c2c(NC(=O)c3ccccc3)sc(C)c2C)CC1. The molecule has 2 aromatic carbocycles. The number of aryl methyl sites for hydroxylation is 1. The Labute approximate surface area is 201 Å². The Bertz CT molecular complexity index is 1070. The summed E-state index contributed by atoms with van der Waals surface area (Å²) < 4.78 is 5.41. The van der Waals surface area contributed by atoms with Crippen LogP contribution in [0.4, 0.5) is 5.00 Å². The van der Waals surface area contributed by atoms with E-state index in [1.165, 1.54) is 21.6 Å². The van der Waals surface area contributed by atoms with Crippen molar-refractivity contribution < 1.29 is 9.53 Å². The second-order valence-corrected chi connectivity index (χ2v) is 9.72. The number of amides is 1. The summed E-state index contributed by atoms with van der Waals surface area (Å²) in [6, 6.07) is 17.9. The number of nitrogens with zero attached hydrogens (tertiary/aromatic N) is 2. The predicted molar refractivity (Wildman–Crippen MR) is 137 cm³/mol. The van der Waals surface area contributed by atoms with Gasteiger partial charge in [0.1, 0.15) is 10.8 Å². The molecule has 0 unspecified atom stereocenters. The van der Waals surface area contributed by atoms with Gasteiger partial charge in [-0.05, 0) is 55.8 Å². The van der Waals surface area contributed by atoms with Crippen molar-refractivity contribution in [3.05, 3.63) is 81.7 Å². The third-order valence-corrected chi connectivity index (χ3v) is 7.76. The van der Waals surface area contributed by atoms with E-state index < -0.39 is 0 Å². The van der Waals surface area contributed by atoms with Crippen LogP contribution >= 0.6 is 11.3 Å². The van der Waals surface area contributed by atoms with E-state index in [9.17, 15) is 4.79 Å². The maximum atomic E-state index is 13.0. The van der Waals surface area contributed by atoms with Crippen molar-refractivity contribution in [2.24, 2.45) is 0 Å². The smallest absolute Gasteiger partial charge is 0.256 e. The van der Waals surface area contributed by atoms with Crippen LogP contribution in [0, 0.1) is 13.8 Å². The molecule has 2 heterocycles.